The van der Waals surface area contributed by atoms with E-state index in [2.05, 4.69) is 5.10 Å². The first-order valence-corrected chi connectivity index (χ1v) is 6.96. The molecule has 1 aliphatic carbocycles. The van der Waals surface area contributed by atoms with Crippen molar-refractivity contribution in [1.29, 1.82) is 0 Å². The predicted molar refractivity (Wildman–Crippen MR) is 70.5 cm³/mol. The smallest absolute Gasteiger partial charge is 0.162 e. The standard InChI is InChI=1S/C14H24N2O2/c1-16-14(13(18-2)10-15-16)12(17)9-8-11-6-4-3-5-7-11/h10-12,17H,3-9H2,1-2H3. The summed E-state index contributed by atoms with van der Waals surface area (Å²) in [6.45, 7) is 0. The summed E-state index contributed by atoms with van der Waals surface area (Å²) in [7, 11) is 3.47. The monoisotopic (exact) mass is 252 g/mol. The Kier molecular flexibility index (Phi) is 4.64. The molecular weight excluding hydrogens is 228 g/mol. The molecule has 1 aliphatic rings. The Labute approximate surface area is 109 Å². The zero-order chi connectivity index (χ0) is 13.0. The van der Waals surface area contributed by atoms with Gasteiger partial charge >= 0.3 is 0 Å². The van der Waals surface area contributed by atoms with Crippen LogP contribution in [-0.4, -0.2) is 22.0 Å². The fourth-order valence-electron chi connectivity index (χ4n) is 2.97. The Hall–Kier alpha value is -1.03. The van der Waals surface area contributed by atoms with Crippen molar-refractivity contribution in [3.05, 3.63) is 11.9 Å². The van der Waals surface area contributed by atoms with Crippen LogP contribution in [0, 0.1) is 5.92 Å². The van der Waals surface area contributed by atoms with E-state index >= 15 is 0 Å². The average Bonchev–Trinajstić information content (AvgIpc) is 2.78. The van der Waals surface area contributed by atoms with Gasteiger partial charge < -0.3 is 9.84 Å². The zero-order valence-electron chi connectivity index (χ0n) is 11.4. The van der Waals surface area contributed by atoms with Crippen molar-refractivity contribution in [2.24, 2.45) is 13.0 Å². The van der Waals surface area contributed by atoms with Crippen LogP contribution in [0.2, 0.25) is 0 Å². The van der Waals surface area contributed by atoms with Gasteiger partial charge in [-0.25, -0.2) is 0 Å². The normalized spacial score (nSPS) is 18.8. The molecule has 0 spiro atoms. The van der Waals surface area contributed by atoms with Crippen molar-refractivity contribution in [2.75, 3.05) is 7.11 Å². The number of ether oxygens (including phenoxy) is 1. The molecule has 0 bridgehead atoms. The molecule has 1 heterocycles. The molecule has 0 saturated heterocycles. The second-order valence-electron chi connectivity index (χ2n) is 5.32. The Morgan fingerprint density at radius 3 is 2.83 bits per heavy atom. The lowest BCUT2D eigenvalue weighted by Crippen LogP contribution is -2.11. The largest absolute Gasteiger partial charge is 0.493 e. The highest BCUT2D eigenvalue weighted by Gasteiger charge is 2.20. The highest BCUT2D eigenvalue weighted by Crippen LogP contribution is 2.32. The minimum absolute atomic E-state index is 0.464. The Morgan fingerprint density at radius 1 is 1.44 bits per heavy atom. The van der Waals surface area contributed by atoms with Crippen LogP contribution in [0.3, 0.4) is 0 Å². The molecular formula is C14H24N2O2. The van der Waals surface area contributed by atoms with E-state index in [-0.39, 0.29) is 0 Å². The van der Waals surface area contributed by atoms with Gasteiger partial charge in [0.05, 0.1) is 19.4 Å². The van der Waals surface area contributed by atoms with E-state index in [0.717, 1.165) is 24.5 Å². The van der Waals surface area contributed by atoms with Gasteiger partial charge in [-0.15, -0.1) is 0 Å². The van der Waals surface area contributed by atoms with Crippen molar-refractivity contribution in [3.8, 4) is 5.75 Å². The number of aromatic nitrogens is 2. The van der Waals surface area contributed by atoms with Gasteiger partial charge in [-0.05, 0) is 18.8 Å². The van der Waals surface area contributed by atoms with Crippen LogP contribution in [0.25, 0.3) is 0 Å². The highest BCUT2D eigenvalue weighted by atomic mass is 16.5. The molecule has 1 N–H and O–H groups in total. The zero-order valence-corrected chi connectivity index (χ0v) is 11.4. The Bertz CT molecular complexity index is 370. The fourth-order valence-corrected chi connectivity index (χ4v) is 2.97. The molecule has 1 saturated carbocycles. The summed E-state index contributed by atoms with van der Waals surface area (Å²) in [5.41, 5.74) is 0.799. The number of aryl methyl sites for hydroxylation is 1. The first-order valence-electron chi connectivity index (χ1n) is 6.96. The van der Waals surface area contributed by atoms with Crippen LogP contribution in [-0.2, 0) is 7.05 Å². The van der Waals surface area contributed by atoms with E-state index in [4.69, 9.17) is 4.74 Å². The maximum absolute atomic E-state index is 10.3. The van der Waals surface area contributed by atoms with Crippen LogP contribution in [0.15, 0.2) is 6.20 Å². The SMILES string of the molecule is COc1cnn(C)c1C(O)CCC1CCCCC1. The molecule has 1 atom stereocenters. The maximum Gasteiger partial charge on any atom is 0.162 e. The second-order valence-corrected chi connectivity index (χ2v) is 5.32. The van der Waals surface area contributed by atoms with Crippen molar-refractivity contribution in [3.63, 3.8) is 0 Å². The summed E-state index contributed by atoms with van der Waals surface area (Å²) in [5, 5.41) is 14.4. The summed E-state index contributed by atoms with van der Waals surface area (Å²) in [6.07, 6.45) is 9.87. The van der Waals surface area contributed by atoms with Gasteiger partial charge in [-0.3, -0.25) is 4.68 Å². The lowest BCUT2D eigenvalue weighted by atomic mass is 9.85. The van der Waals surface area contributed by atoms with Crippen molar-refractivity contribution >= 4 is 0 Å². The second kappa shape index (κ2) is 6.23. The minimum atomic E-state index is -0.464. The molecule has 4 heteroatoms. The van der Waals surface area contributed by atoms with Crippen LogP contribution in [0.1, 0.15) is 56.7 Å². The molecule has 1 aromatic heterocycles. The molecule has 1 unspecified atom stereocenters. The van der Waals surface area contributed by atoms with Crippen molar-refractivity contribution in [1.82, 2.24) is 9.78 Å². The summed E-state index contributed by atoms with van der Waals surface area (Å²) in [6, 6.07) is 0. The highest BCUT2D eigenvalue weighted by molar-refractivity contribution is 5.26. The summed E-state index contributed by atoms with van der Waals surface area (Å²) in [5.74, 6) is 1.49. The lowest BCUT2D eigenvalue weighted by molar-refractivity contribution is 0.139. The van der Waals surface area contributed by atoms with Crippen LogP contribution < -0.4 is 4.74 Å². The molecule has 2 rings (SSSR count). The van der Waals surface area contributed by atoms with Gasteiger partial charge in [-0.1, -0.05) is 32.1 Å². The van der Waals surface area contributed by atoms with Gasteiger partial charge in [0, 0.05) is 7.05 Å². The number of hydrogen-bond donors (Lipinski definition) is 1. The minimum Gasteiger partial charge on any atom is -0.493 e. The molecule has 0 amide bonds. The quantitative estimate of drug-likeness (QED) is 0.876. The van der Waals surface area contributed by atoms with Crippen LogP contribution in [0.4, 0.5) is 0 Å². The third-order valence-electron chi connectivity index (χ3n) is 4.06. The van der Waals surface area contributed by atoms with E-state index < -0.39 is 6.10 Å². The molecule has 0 radical (unpaired) electrons. The van der Waals surface area contributed by atoms with Gasteiger partial charge in [0.1, 0.15) is 5.69 Å². The molecule has 18 heavy (non-hydrogen) atoms. The first kappa shape index (κ1) is 13.4. The number of nitrogens with zero attached hydrogens (tertiary/aromatic N) is 2. The molecule has 1 fully saturated rings. The number of hydrogen-bond acceptors (Lipinski definition) is 3. The fraction of sp³-hybridized carbons (Fsp3) is 0.786. The predicted octanol–water partition coefficient (Wildman–Crippen LogP) is 2.82. The van der Waals surface area contributed by atoms with E-state index in [1.165, 1.54) is 32.1 Å². The number of aliphatic hydroxyl groups is 1. The van der Waals surface area contributed by atoms with Crippen LogP contribution in [0.5, 0.6) is 5.75 Å². The molecule has 4 nitrogen and oxygen atoms in total. The molecule has 0 aliphatic heterocycles. The molecule has 1 aromatic rings. The average molecular weight is 252 g/mol. The maximum atomic E-state index is 10.3. The number of aliphatic hydroxyl groups excluding tert-OH is 1. The Morgan fingerprint density at radius 2 is 2.17 bits per heavy atom. The van der Waals surface area contributed by atoms with Gasteiger partial charge in [0.2, 0.25) is 0 Å². The summed E-state index contributed by atoms with van der Waals surface area (Å²) in [4.78, 5) is 0. The molecule has 0 aromatic carbocycles. The van der Waals surface area contributed by atoms with Crippen LogP contribution >= 0.6 is 0 Å². The third kappa shape index (κ3) is 3.05. The molecule has 102 valence electrons. The topological polar surface area (TPSA) is 47.3 Å². The summed E-state index contributed by atoms with van der Waals surface area (Å²) < 4.78 is 6.95. The van der Waals surface area contributed by atoms with Crippen molar-refractivity contribution in [2.45, 2.75) is 51.0 Å². The van der Waals surface area contributed by atoms with Gasteiger partial charge in [0.15, 0.2) is 5.75 Å². The van der Waals surface area contributed by atoms with Gasteiger partial charge in [0.25, 0.3) is 0 Å². The first-order chi connectivity index (χ1) is 8.72. The van der Waals surface area contributed by atoms with E-state index in [9.17, 15) is 5.11 Å². The van der Waals surface area contributed by atoms with Crippen molar-refractivity contribution < 1.29 is 9.84 Å². The third-order valence-corrected chi connectivity index (χ3v) is 4.06. The van der Waals surface area contributed by atoms with E-state index in [1.807, 2.05) is 7.05 Å². The van der Waals surface area contributed by atoms with E-state index in [0.29, 0.717) is 5.75 Å². The van der Waals surface area contributed by atoms with Gasteiger partial charge in [-0.2, -0.15) is 5.10 Å². The number of methoxy groups -OCH3 is 1. The van der Waals surface area contributed by atoms with E-state index in [1.54, 1.807) is 18.0 Å². The summed E-state index contributed by atoms with van der Waals surface area (Å²) >= 11 is 0. The number of rotatable bonds is 5. The Balaban J connectivity index is 1.90. The lowest BCUT2D eigenvalue weighted by Gasteiger charge is -2.22.